The Labute approximate surface area is 103 Å². The van der Waals surface area contributed by atoms with Gasteiger partial charge in [-0.15, -0.1) is 0 Å². The first-order chi connectivity index (χ1) is 8.01. The monoisotopic (exact) mass is 241 g/mol. The van der Waals surface area contributed by atoms with Crippen LogP contribution in [0.5, 0.6) is 0 Å². The van der Waals surface area contributed by atoms with Gasteiger partial charge in [0.2, 0.25) is 5.91 Å². The summed E-state index contributed by atoms with van der Waals surface area (Å²) in [6, 6.07) is -0.435. The van der Waals surface area contributed by atoms with Gasteiger partial charge < -0.3 is 10.2 Å². The van der Waals surface area contributed by atoms with Crippen molar-refractivity contribution < 1.29 is 9.59 Å². The lowest BCUT2D eigenvalue weighted by Crippen LogP contribution is -2.42. The molecule has 1 aliphatic heterocycles. The molecule has 5 heteroatoms. The average molecular weight is 241 g/mol. The van der Waals surface area contributed by atoms with Crippen molar-refractivity contribution in [3.8, 4) is 0 Å². The summed E-state index contributed by atoms with van der Waals surface area (Å²) in [5.41, 5.74) is 0. The van der Waals surface area contributed by atoms with Crippen molar-refractivity contribution in [3.63, 3.8) is 0 Å². The van der Waals surface area contributed by atoms with E-state index >= 15 is 0 Å². The molecule has 0 aromatic rings. The Kier molecular flexibility index (Phi) is 5.41. The minimum atomic E-state index is -0.435. The van der Waals surface area contributed by atoms with Crippen molar-refractivity contribution in [2.24, 2.45) is 11.8 Å². The Hall–Kier alpha value is -1.10. The van der Waals surface area contributed by atoms with Gasteiger partial charge in [0.15, 0.2) is 0 Å². The maximum absolute atomic E-state index is 11.4. The number of imide groups is 1. The van der Waals surface area contributed by atoms with Gasteiger partial charge in [0, 0.05) is 33.1 Å². The third kappa shape index (κ3) is 5.17. The molecule has 0 saturated carbocycles. The maximum Gasteiger partial charge on any atom is 0.321 e. The van der Waals surface area contributed by atoms with Crippen LogP contribution < -0.4 is 10.6 Å². The topological polar surface area (TPSA) is 61.4 Å². The first-order valence-electron chi connectivity index (χ1n) is 6.25. The van der Waals surface area contributed by atoms with Crippen LogP contribution in [0.4, 0.5) is 4.79 Å². The summed E-state index contributed by atoms with van der Waals surface area (Å²) in [4.78, 5) is 24.6. The maximum atomic E-state index is 11.4. The molecule has 2 atom stereocenters. The molecule has 5 nitrogen and oxygen atoms in total. The summed E-state index contributed by atoms with van der Waals surface area (Å²) >= 11 is 0. The molecule has 1 aliphatic rings. The molecule has 1 fully saturated rings. The van der Waals surface area contributed by atoms with Crippen LogP contribution >= 0.6 is 0 Å². The van der Waals surface area contributed by atoms with Gasteiger partial charge in [-0.25, -0.2) is 4.79 Å². The molecule has 0 spiro atoms. The van der Waals surface area contributed by atoms with Crippen LogP contribution in [0.15, 0.2) is 0 Å². The SMILES string of the molecule is CNC(=O)NC(=O)CCN1C[C@@H](C)C[C@H](C)C1. The molecular weight excluding hydrogens is 218 g/mol. The fourth-order valence-corrected chi connectivity index (χ4v) is 2.49. The Morgan fingerprint density at radius 2 is 1.82 bits per heavy atom. The molecule has 1 heterocycles. The fourth-order valence-electron chi connectivity index (χ4n) is 2.49. The van der Waals surface area contributed by atoms with Gasteiger partial charge in [-0.1, -0.05) is 13.8 Å². The van der Waals surface area contributed by atoms with E-state index in [4.69, 9.17) is 0 Å². The Balaban J connectivity index is 2.25. The van der Waals surface area contributed by atoms with Crippen LogP contribution in [0.1, 0.15) is 26.7 Å². The summed E-state index contributed by atoms with van der Waals surface area (Å²) in [6.45, 7) is 7.33. The molecule has 1 saturated heterocycles. The van der Waals surface area contributed by atoms with E-state index < -0.39 is 6.03 Å². The van der Waals surface area contributed by atoms with E-state index in [1.54, 1.807) is 0 Å². The smallest absolute Gasteiger partial charge is 0.321 e. The highest BCUT2D eigenvalue weighted by Gasteiger charge is 2.21. The van der Waals surface area contributed by atoms with Crippen molar-refractivity contribution in [2.45, 2.75) is 26.7 Å². The molecule has 2 N–H and O–H groups in total. The molecule has 0 aromatic carbocycles. The number of amides is 3. The lowest BCUT2D eigenvalue weighted by Gasteiger charge is -2.34. The van der Waals surface area contributed by atoms with Gasteiger partial charge in [0.1, 0.15) is 0 Å². The molecule has 17 heavy (non-hydrogen) atoms. The first-order valence-corrected chi connectivity index (χ1v) is 6.25. The summed E-state index contributed by atoms with van der Waals surface area (Å²) in [6.07, 6.45) is 1.65. The van der Waals surface area contributed by atoms with Crippen LogP contribution in [-0.2, 0) is 4.79 Å². The van der Waals surface area contributed by atoms with E-state index in [2.05, 4.69) is 29.4 Å². The molecular formula is C12H23N3O2. The van der Waals surface area contributed by atoms with E-state index in [-0.39, 0.29) is 5.91 Å². The number of nitrogens with zero attached hydrogens (tertiary/aromatic N) is 1. The zero-order valence-corrected chi connectivity index (χ0v) is 11.0. The number of carbonyl (C=O) groups excluding carboxylic acids is 2. The molecule has 0 bridgehead atoms. The van der Waals surface area contributed by atoms with Gasteiger partial charge >= 0.3 is 6.03 Å². The summed E-state index contributed by atoms with van der Waals surface area (Å²) in [5.74, 6) is 1.18. The van der Waals surface area contributed by atoms with Crippen LogP contribution in [0.25, 0.3) is 0 Å². The van der Waals surface area contributed by atoms with Crippen molar-refractivity contribution >= 4 is 11.9 Å². The second kappa shape index (κ2) is 6.59. The Bertz CT molecular complexity index is 271. The van der Waals surface area contributed by atoms with Gasteiger partial charge in [-0.3, -0.25) is 10.1 Å². The largest absolute Gasteiger partial charge is 0.341 e. The summed E-state index contributed by atoms with van der Waals surface area (Å²) in [7, 11) is 1.50. The van der Waals surface area contributed by atoms with E-state index in [0.717, 1.165) is 19.6 Å². The van der Waals surface area contributed by atoms with Gasteiger partial charge in [-0.2, -0.15) is 0 Å². The highest BCUT2D eigenvalue weighted by molar-refractivity contribution is 5.94. The van der Waals surface area contributed by atoms with E-state index in [0.29, 0.717) is 18.3 Å². The predicted molar refractivity (Wildman–Crippen MR) is 66.6 cm³/mol. The third-order valence-electron chi connectivity index (χ3n) is 3.08. The molecule has 0 aliphatic carbocycles. The van der Waals surface area contributed by atoms with E-state index in [9.17, 15) is 9.59 Å². The first kappa shape index (κ1) is 14.0. The average Bonchev–Trinajstić information content (AvgIpc) is 2.25. The van der Waals surface area contributed by atoms with Gasteiger partial charge in [0.25, 0.3) is 0 Å². The highest BCUT2D eigenvalue weighted by Crippen LogP contribution is 2.20. The number of carbonyl (C=O) groups is 2. The minimum absolute atomic E-state index is 0.213. The molecule has 0 aromatic heterocycles. The molecule has 0 radical (unpaired) electrons. The van der Waals surface area contributed by atoms with Crippen molar-refractivity contribution in [3.05, 3.63) is 0 Å². The van der Waals surface area contributed by atoms with Crippen LogP contribution in [-0.4, -0.2) is 43.5 Å². The van der Waals surface area contributed by atoms with E-state index in [1.807, 2.05) is 0 Å². The number of rotatable bonds is 3. The predicted octanol–water partition coefficient (Wildman–Crippen LogP) is 0.810. The number of urea groups is 1. The number of piperidine rings is 1. The normalized spacial score (nSPS) is 25.4. The quantitative estimate of drug-likeness (QED) is 0.768. The standard InChI is InChI=1S/C12H23N3O2/c1-9-6-10(2)8-15(7-9)5-4-11(16)14-12(17)13-3/h9-10H,4-8H2,1-3H3,(H2,13,14,16,17)/t9-,10-/m0/s1. The molecule has 3 amide bonds. The zero-order valence-electron chi connectivity index (χ0n) is 11.0. The third-order valence-corrected chi connectivity index (χ3v) is 3.08. The number of hydrogen-bond acceptors (Lipinski definition) is 3. The molecule has 0 unspecified atom stereocenters. The second-order valence-electron chi connectivity index (χ2n) is 5.08. The number of nitrogens with one attached hydrogen (secondary N) is 2. The van der Waals surface area contributed by atoms with Crippen molar-refractivity contribution in [1.82, 2.24) is 15.5 Å². The highest BCUT2D eigenvalue weighted by atomic mass is 16.2. The fraction of sp³-hybridized carbons (Fsp3) is 0.833. The van der Waals surface area contributed by atoms with Crippen LogP contribution in [0.3, 0.4) is 0 Å². The second-order valence-corrected chi connectivity index (χ2v) is 5.08. The van der Waals surface area contributed by atoms with Crippen LogP contribution in [0.2, 0.25) is 0 Å². The van der Waals surface area contributed by atoms with Crippen molar-refractivity contribution in [1.29, 1.82) is 0 Å². The summed E-state index contributed by atoms with van der Waals surface area (Å²) in [5, 5.41) is 4.64. The lowest BCUT2D eigenvalue weighted by molar-refractivity contribution is -0.120. The minimum Gasteiger partial charge on any atom is -0.341 e. The van der Waals surface area contributed by atoms with Gasteiger partial charge in [0.05, 0.1) is 0 Å². The lowest BCUT2D eigenvalue weighted by atomic mass is 9.92. The van der Waals surface area contributed by atoms with Crippen LogP contribution in [0, 0.1) is 11.8 Å². The zero-order chi connectivity index (χ0) is 12.8. The van der Waals surface area contributed by atoms with Crippen molar-refractivity contribution in [2.75, 3.05) is 26.7 Å². The number of likely N-dealkylation sites (tertiary alicyclic amines) is 1. The molecule has 1 rings (SSSR count). The summed E-state index contributed by atoms with van der Waals surface area (Å²) < 4.78 is 0. The number of hydrogen-bond donors (Lipinski definition) is 2. The van der Waals surface area contributed by atoms with E-state index in [1.165, 1.54) is 13.5 Å². The molecule has 98 valence electrons. The Morgan fingerprint density at radius 1 is 1.24 bits per heavy atom. The Morgan fingerprint density at radius 3 is 2.35 bits per heavy atom. The van der Waals surface area contributed by atoms with Gasteiger partial charge in [-0.05, 0) is 18.3 Å².